The summed E-state index contributed by atoms with van der Waals surface area (Å²) in [6.45, 7) is 0.448. The van der Waals surface area contributed by atoms with Gasteiger partial charge >= 0.3 is 0 Å². The standard InChI is InChI=1S/C9H8Cl2N4O/c10-5-3-6(11)8(13-4-5)9-14-7(1-2-12)16-15-9/h3-4H,1-2,12H2. The van der Waals surface area contributed by atoms with Crippen molar-refractivity contribution in [2.24, 2.45) is 5.73 Å². The quantitative estimate of drug-likeness (QED) is 0.911. The van der Waals surface area contributed by atoms with Crippen molar-refractivity contribution < 1.29 is 4.52 Å². The lowest BCUT2D eigenvalue weighted by Crippen LogP contribution is -2.02. The summed E-state index contributed by atoms with van der Waals surface area (Å²) in [7, 11) is 0. The lowest BCUT2D eigenvalue weighted by Gasteiger charge is -1.97. The Morgan fingerprint density at radius 3 is 2.88 bits per heavy atom. The highest BCUT2D eigenvalue weighted by atomic mass is 35.5. The maximum Gasteiger partial charge on any atom is 0.228 e. The van der Waals surface area contributed by atoms with E-state index in [1.807, 2.05) is 0 Å². The number of nitrogens with two attached hydrogens (primary N) is 1. The predicted octanol–water partition coefficient (Wildman–Crippen LogP) is 1.94. The highest BCUT2D eigenvalue weighted by Crippen LogP contribution is 2.25. The molecule has 2 heterocycles. The van der Waals surface area contributed by atoms with Gasteiger partial charge in [0.05, 0.1) is 10.0 Å². The first-order chi connectivity index (χ1) is 7.70. The molecule has 2 N–H and O–H groups in total. The number of hydrogen-bond donors (Lipinski definition) is 1. The number of rotatable bonds is 3. The Balaban J connectivity index is 2.35. The van der Waals surface area contributed by atoms with Crippen molar-refractivity contribution in [2.75, 3.05) is 6.54 Å². The zero-order valence-electron chi connectivity index (χ0n) is 8.15. The molecular weight excluding hydrogens is 251 g/mol. The fraction of sp³-hybridized carbons (Fsp3) is 0.222. The van der Waals surface area contributed by atoms with Crippen LogP contribution in [0.4, 0.5) is 0 Å². The molecule has 0 aliphatic heterocycles. The molecule has 16 heavy (non-hydrogen) atoms. The van der Waals surface area contributed by atoms with Gasteiger partial charge in [0, 0.05) is 19.2 Å². The summed E-state index contributed by atoms with van der Waals surface area (Å²) >= 11 is 11.7. The summed E-state index contributed by atoms with van der Waals surface area (Å²) < 4.78 is 4.97. The van der Waals surface area contributed by atoms with Gasteiger partial charge in [-0.05, 0) is 6.07 Å². The first-order valence-electron chi connectivity index (χ1n) is 4.55. The number of aromatic nitrogens is 3. The maximum atomic E-state index is 5.96. The zero-order valence-corrected chi connectivity index (χ0v) is 9.66. The molecule has 0 unspecified atom stereocenters. The summed E-state index contributed by atoms with van der Waals surface area (Å²) in [5, 5.41) is 4.60. The van der Waals surface area contributed by atoms with Crippen LogP contribution in [0.1, 0.15) is 5.89 Å². The van der Waals surface area contributed by atoms with Gasteiger partial charge in [-0.3, -0.25) is 0 Å². The summed E-state index contributed by atoms with van der Waals surface area (Å²) in [6, 6.07) is 1.57. The van der Waals surface area contributed by atoms with Crippen molar-refractivity contribution in [3.05, 3.63) is 28.2 Å². The summed E-state index contributed by atoms with van der Waals surface area (Å²) in [6.07, 6.45) is 2.00. The second-order valence-electron chi connectivity index (χ2n) is 3.03. The SMILES string of the molecule is NCCc1nc(-c2ncc(Cl)cc2Cl)no1. The fourth-order valence-corrected chi connectivity index (χ4v) is 1.62. The molecule has 0 saturated heterocycles. The van der Waals surface area contributed by atoms with Crippen LogP contribution in [0.25, 0.3) is 11.5 Å². The Kier molecular flexibility index (Phi) is 3.38. The predicted molar refractivity (Wildman–Crippen MR) is 60.3 cm³/mol. The minimum absolute atomic E-state index is 0.338. The van der Waals surface area contributed by atoms with Gasteiger partial charge in [-0.25, -0.2) is 4.98 Å². The molecule has 0 aromatic carbocycles. The van der Waals surface area contributed by atoms with E-state index in [1.165, 1.54) is 6.20 Å². The Morgan fingerprint density at radius 2 is 2.19 bits per heavy atom. The molecular formula is C9H8Cl2N4O. The summed E-state index contributed by atoms with van der Waals surface area (Å²) in [5.74, 6) is 0.801. The van der Waals surface area contributed by atoms with E-state index in [1.54, 1.807) is 6.07 Å². The molecule has 2 aromatic heterocycles. The van der Waals surface area contributed by atoms with E-state index in [2.05, 4.69) is 15.1 Å². The third-order valence-corrected chi connectivity index (χ3v) is 2.34. The smallest absolute Gasteiger partial charge is 0.228 e. The van der Waals surface area contributed by atoms with Crippen LogP contribution in [0.2, 0.25) is 10.0 Å². The molecule has 2 aromatic rings. The third-order valence-electron chi connectivity index (χ3n) is 1.85. The zero-order chi connectivity index (χ0) is 11.5. The van der Waals surface area contributed by atoms with E-state index < -0.39 is 0 Å². The van der Waals surface area contributed by atoms with Gasteiger partial charge in [0.15, 0.2) is 0 Å². The molecule has 0 bridgehead atoms. The van der Waals surface area contributed by atoms with Crippen LogP contribution in [0.5, 0.6) is 0 Å². The van der Waals surface area contributed by atoms with Crippen molar-refractivity contribution >= 4 is 23.2 Å². The van der Waals surface area contributed by atoms with Crippen LogP contribution >= 0.6 is 23.2 Å². The van der Waals surface area contributed by atoms with Gasteiger partial charge in [-0.2, -0.15) is 4.98 Å². The van der Waals surface area contributed by atoms with E-state index in [0.29, 0.717) is 40.4 Å². The molecule has 0 saturated carbocycles. The minimum atomic E-state index is 0.338. The van der Waals surface area contributed by atoms with Gasteiger partial charge in [-0.1, -0.05) is 28.4 Å². The number of hydrogen-bond acceptors (Lipinski definition) is 5. The second kappa shape index (κ2) is 4.78. The van der Waals surface area contributed by atoms with Crippen LogP contribution in [-0.4, -0.2) is 21.7 Å². The third kappa shape index (κ3) is 2.32. The fourth-order valence-electron chi connectivity index (χ4n) is 1.16. The molecule has 2 rings (SSSR count). The lowest BCUT2D eigenvalue weighted by molar-refractivity contribution is 0.380. The maximum absolute atomic E-state index is 5.96. The van der Waals surface area contributed by atoms with Crippen LogP contribution in [0.15, 0.2) is 16.8 Å². The molecule has 0 amide bonds. The largest absolute Gasteiger partial charge is 0.339 e. The van der Waals surface area contributed by atoms with Crippen molar-refractivity contribution in [2.45, 2.75) is 6.42 Å². The number of halogens is 2. The Bertz CT molecular complexity index is 500. The first kappa shape index (κ1) is 11.3. The van der Waals surface area contributed by atoms with Gasteiger partial charge in [0.2, 0.25) is 11.7 Å². The van der Waals surface area contributed by atoms with Crippen LogP contribution < -0.4 is 5.73 Å². The lowest BCUT2D eigenvalue weighted by atomic mass is 10.3. The van der Waals surface area contributed by atoms with E-state index in [9.17, 15) is 0 Å². The highest BCUT2D eigenvalue weighted by Gasteiger charge is 2.13. The molecule has 7 heteroatoms. The van der Waals surface area contributed by atoms with E-state index in [-0.39, 0.29) is 0 Å². The Morgan fingerprint density at radius 1 is 1.38 bits per heavy atom. The Hall–Kier alpha value is -1.17. The normalized spacial score (nSPS) is 10.7. The number of nitrogens with zero attached hydrogens (tertiary/aromatic N) is 3. The van der Waals surface area contributed by atoms with Crippen molar-refractivity contribution in [1.82, 2.24) is 15.1 Å². The molecule has 5 nitrogen and oxygen atoms in total. The van der Waals surface area contributed by atoms with Crippen molar-refractivity contribution in [3.63, 3.8) is 0 Å². The average molecular weight is 259 g/mol. The topological polar surface area (TPSA) is 77.8 Å². The van der Waals surface area contributed by atoms with E-state index in [4.69, 9.17) is 33.5 Å². The van der Waals surface area contributed by atoms with E-state index >= 15 is 0 Å². The first-order valence-corrected chi connectivity index (χ1v) is 5.30. The molecule has 0 fully saturated rings. The van der Waals surface area contributed by atoms with Crippen LogP contribution in [-0.2, 0) is 6.42 Å². The van der Waals surface area contributed by atoms with Gasteiger partial charge < -0.3 is 10.3 Å². The van der Waals surface area contributed by atoms with Crippen molar-refractivity contribution in [3.8, 4) is 11.5 Å². The molecule has 0 atom stereocenters. The molecule has 0 aliphatic carbocycles. The van der Waals surface area contributed by atoms with Crippen LogP contribution in [0.3, 0.4) is 0 Å². The Labute approximate surface area is 102 Å². The molecule has 84 valence electrons. The van der Waals surface area contributed by atoms with Crippen molar-refractivity contribution in [1.29, 1.82) is 0 Å². The van der Waals surface area contributed by atoms with E-state index in [0.717, 1.165) is 0 Å². The molecule has 0 radical (unpaired) electrons. The van der Waals surface area contributed by atoms with Gasteiger partial charge in [0.1, 0.15) is 5.69 Å². The highest BCUT2D eigenvalue weighted by molar-refractivity contribution is 6.35. The molecule has 0 spiro atoms. The summed E-state index contributed by atoms with van der Waals surface area (Å²) in [4.78, 5) is 8.15. The summed E-state index contributed by atoms with van der Waals surface area (Å²) in [5.41, 5.74) is 5.81. The minimum Gasteiger partial charge on any atom is -0.339 e. The molecule has 0 aliphatic rings. The second-order valence-corrected chi connectivity index (χ2v) is 3.88. The number of pyridine rings is 1. The van der Waals surface area contributed by atoms with Gasteiger partial charge in [-0.15, -0.1) is 0 Å². The van der Waals surface area contributed by atoms with Crippen LogP contribution in [0, 0.1) is 0 Å². The van der Waals surface area contributed by atoms with Gasteiger partial charge in [0.25, 0.3) is 0 Å². The average Bonchev–Trinajstić information content (AvgIpc) is 2.67. The monoisotopic (exact) mass is 258 g/mol.